The van der Waals surface area contributed by atoms with E-state index in [0.29, 0.717) is 13.1 Å². The molecule has 0 aromatic heterocycles. The Hall–Kier alpha value is -0.700. The first-order valence-corrected chi connectivity index (χ1v) is 4.02. The molecule has 0 aromatic rings. The van der Waals surface area contributed by atoms with Gasteiger partial charge in [0.25, 0.3) is 0 Å². The number of halogens is 2. The van der Waals surface area contributed by atoms with Crippen LogP contribution in [0.1, 0.15) is 0 Å². The van der Waals surface area contributed by atoms with E-state index in [0.717, 1.165) is 6.54 Å². The molecule has 1 rings (SSSR count). The molecule has 0 saturated carbocycles. The summed E-state index contributed by atoms with van der Waals surface area (Å²) in [5, 5.41) is 0. The van der Waals surface area contributed by atoms with E-state index < -0.39 is 12.3 Å². The van der Waals surface area contributed by atoms with Gasteiger partial charge in [-0.1, -0.05) is 24.8 Å². The number of rotatable bonds is 4. The second-order valence-corrected chi connectivity index (χ2v) is 2.98. The van der Waals surface area contributed by atoms with E-state index in [2.05, 4.69) is 6.58 Å². The van der Waals surface area contributed by atoms with Crippen molar-refractivity contribution in [2.75, 3.05) is 19.6 Å². The lowest BCUT2D eigenvalue weighted by molar-refractivity contribution is -0.0186. The van der Waals surface area contributed by atoms with Crippen molar-refractivity contribution in [2.45, 2.75) is 6.43 Å². The van der Waals surface area contributed by atoms with Crippen LogP contribution in [0.4, 0.5) is 8.78 Å². The van der Waals surface area contributed by atoms with Gasteiger partial charge in [-0.15, -0.1) is 0 Å². The summed E-state index contributed by atoms with van der Waals surface area (Å²) in [6, 6.07) is 0. The van der Waals surface area contributed by atoms with E-state index in [1.807, 2.05) is 17.1 Å². The van der Waals surface area contributed by atoms with Gasteiger partial charge in [-0.25, -0.2) is 8.78 Å². The molecule has 1 aliphatic heterocycles. The summed E-state index contributed by atoms with van der Waals surface area (Å²) in [6.45, 7) is 5.33. The number of likely N-dealkylation sites (tertiary alicyclic amines) is 1. The molecule has 1 aliphatic rings. The molecule has 68 valence electrons. The van der Waals surface area contributed by atoms with Crippen LogP contribution in [0.3, 0.4) is 0 Å². The van der Waals surface area contributed by atoms with E-state index in [1.54, 1.807) is 6.08 Å². The van der Waals surface area contributed by atoms with Crippen LogP contribution in [-0.2, 0) is 0 Å². The lowest BCUT2D eigenvalue weighted by Crippen LogP contribution is -2.49. The number of hydrogen-bond acceptors (Lipinski definition) is 1. The summed E-state index contributed by atoms with van der Waals surface area (Å²) in [4.78, 5) is 1.98. The predicted octanol–water partition coefficient (Wildman–Crippen LogP) is 1.93. The highest BCUT2D eigenvalue weighted by Gasteiger charge is 2.32. The lowest BCUT2D eigenvalue weighted by Gasteiger charge is -2.37. The first-order valence-electron chi connectivity index (χ1n) is 4.02. The maximum Gasteiger partial charge on any atom is 0.243 e. The van der Waals surface area contributed by atoms with Crippen LogP contribution in [0, 0.1) is 5.92 Å². The van der Waals surface area contributed by atoms with Crippen LogP contribution >= 0.6 is 0 Å². The van der Waals surface area contributed by atoms with Gasteiger partial charge in [-0.3, -0.25) is 4.90 Å². The van der Waals surface area contributed by atoms with Crippen molar-refractivity contribution in [3.63, 3.8) is 0 Å². The first-order chi connectivity index (χ1) is 5.74. The molecule has 1 saturated heterocycles. The summed E-state index contributed by atoms with van der Waals surface area (Å²) < 4.78 is 24.0. The molecule has 0 N–H and O–H groups in total. The second kappa shape index (κ2) is 4.36. The van der Waals surface area contributed by atoms with Gasteiger partial charge in [0.1, 0.15) is 0 Å². The molecule has 0 unspecified atom stereocenters. The second-order valence-electron chi connectivity index (χ2n) is 2.98. The molecule has 12 heavy (non-hydrogen) atoms. The highest BCUT2D eigenvalue weighted by Crippen LogP contribution is 2.21. The third-order valence-corrected chi connectivity index (χ3v) is 1.98. The van der Waals surface area contributed by atoms with Crippen molar-refractivity contribution in [3.8, 4) is 0 Å². The molecule has 0 bridgehead atoms. The Morgan fingerprint density at radius 2 is 2.17 bits per heavy atom. The summed E-state index contributed by atoms with van der Waals surface area (Å²) >= 11 is 0. The monoisotopic (exact) mass is 173 g/mol. The Balaban J connectivity index is 2.09. The zero-order valence-electron chi connectivity index (χ0n) is 6.92. The van der Waals surface area contributed by atoms with Gasteiger partial charge in [-0.05, 0) is 0 Å². The van der Waals surface area contributed by atoms with Gasteiger partial charge in [0, 0.05) is 25.6 Å². The van der Waals surface area contributed by atoms with E-state index in [9.17, 15) is 8.78 Å². The van der Waals surface area contributed by atoms with Crippen molar-refractivity contribution in [2.24, 2.45) is 5.92 Å². The van der Waals surface area contributed by atoms with Crippen molar-refractivity contribution in [1.82, 2.24) is 4.90 Å². The fraction of sp³-hybridized carbons (Fsp3) is 0.556. The third kappa shape index (κ3) is 2.41. The van der Waals surface area contributed by atoms with Gasteiger partial charge < -0.3 is 0 Å². The predicted molar refractivity (Wildman–Crippen MR) is 45.3 cm³/mol. The minimum Gasteiger partial charge on any atom is -0.299 e. The highest BCUT2D eigenvalue weighted by molar-refractivity contribution is 4.99. The molecule has 1 fully saturated rings. The van der Waals surface area contributed by atoms with Crippen LogP contribution in [0.2, 0.25) is 0 Å². The Morgan fingerprint density at radius 1 is 1.50 bits per heavy atom. The van der Waals surface area contributed by atoms with Crippen molar-refractivity contribution in [3.05, 3.63) is 24.8 Å². The molecule has 0 radical (unpaired) electrons. The zero-order chi connectivity index (χ0) is 8.97. The van der Waals surface area contributed by atoms with Crippen LogP contribution in [0.15, 0.2) is 24.8 Å². The fourth-order valence-corrected chi connectivity index (χ4v) is 1.22. The molecular formula is C9H13F2N. The standard InChI is InChI=1S/C9H13F2N/c1-2-3-4-5-12-6-8(7-12)9(10)11/h2-4,8-9H,1,5-7H2/b4-3+. The Morgan fingerprint density at radius 3 is 2.67 bits per heavy atom. The zero-order valence-corrected chi connectivity index (χ0v) is 6.92. The molecule has 0 atom stereocenters. The summed E-state index contributed by atoms with van der Waals surface area (Å²) in [7, 11) is 0. The van der Waals surface area contributed by atoms with Gasteiger partial charge >= 0.3 is 0 Å². The quantitative estimate of drug-likeness (QED) is 0.587. The average Bonchev–Trinajstić information content (AvgIpc) is 1.93. The van der Waals surface area contributed by atoms with Crippen molar-refractivity contribution in [1.29, 1.82) is 0 Å². The molecule has 3 heteroatoms. The van der Waals surface area contributed by atoms with Crippen LogP contribution in [0.25, 0.3) is 0 Å². The molecule has 0 spiro atoms. The number of alkyl halides is 2. The van der Waals surface area contributed by atoms with Crippen LogP contribution in [0.5, 0.6) is 0 Å². The van der Waals surface area contributed by atoms with E-state index in [-0.39, 0.29) is 0 Å². The molecule has 1 nitrogen and oxygen atoms in total. The minimum absolute atomic E-state index is 0.401. The molecule has 1 heterocycles. The van der Waals surface area contributed by atoms with E-state index >= 15 is 0 Å². The molecular weight excluding hydrogens is 160 g/mol. The Bertz CT molecular complexity index is 171. The third-order valence-electron chi connectivity index (χ3n) is 1.98. The summed E-state index contributed by atoms with van der Waals surface area (Å²) in [6.07, 6.45) is 3.29. The molecule has 0 aliphatic carbocycles. The normalized spacial score (nSPS) is 20.2. The van der Waals surface area contributed by atoms with Gasteiger partial charge in [0.05, 0.1) is 0 Å². The summed E-state index contributed by atoms with van der Waals surface area (Å²) in [5.74, 6) is -0.401. The van der Waals surface area contributed by atoms with Crippen molar-refractivity contribution < 1.29 is 8.78 Å². The SMILES string of the molecule is C=C/C=C/CN1CC(C(F)F)C1. The van der Waals surface area contributed by atoms with Gasteiger partial charge in [-0.2, -0.15) is 0 Å². The first kappa shape index (κ1) is 9.39. The topological polar surface area (TPSA) is 3.24 Å². The Labute approximate surface area is 71.4 Å². The van der Waals surface area contributed by atoms with Gasteiger partial charge in [0.15, 0.2) is 0 Å². The smallest absolute Gasteiger partial charge is 0.243 e. The van der Waals surface area contributed by atoms with E-state index in [1.165, 1.54) is 0 Å². The molecule has 0 aromatic carbocycles. The van der Waals surface area contributed by atoms with E-state index in [4.69, 9.17) is 0 Å². The highest BCUT2D eigenvalue weighted by atomic mass is 19.3. The maximum absolute atomic E-state index is 12.0. The van der Waals surface area contributed by atoms with Crippen LogP contribution in [-0.4, -0.2) is 31.0 Å². The molecule has 0 amide bonds. The largest absolute Gasteiger partial charge is 0.299 e. The summed E-state index contributed by atoms with van der Waals surface area (Å²) in [5.41, 5.74) is 0. The number of nitrogens with zero attached hydrogens (tertiary/aromatic N) is 1. The maximum atomic E-state index is 12.0. The average molecular weight is 173 g/mol. The number of allylic oxidation sites excluding steroid dienone is 2. The van der Waals surface area contributed by atoms with Gasteiger partial charge in [0.2, 0.25) is 6.43 Å². The fourth-order valence-electron chi connectivity index (χ4n) is 1.22. The lowest BCUT2D eigenvalue weighted by atomic mass is 10.0. The Kier molecular flexibility index (Phi) is 3.41. The minimum atomic E-state index is -2.15. The van der Waals surface area contributed by atoms with Crippen molar-refractivity contribution >= 4 is 0 Å². The number of hydrogen-bond donors (Lipinski definition) is 0. The van der Waals surface area contributed by atoms with Crippen LogP contribution < -0.4 is 0 Å².